The first-order valence-electron chi connectivity index (χ1n) is 8.14. The average Bonchev–Trinajstić information content (AvgIpc) is 2.55. The van der Waals surface area contributed by atoms with Crippen molar-refractivity contribution in [2.75, 3.05) is 12.4 Å². The lowest BCUT2D eigenvalue weighted by Gasteiger charge is -2.20. The maximum Gasteiger partial charge on any atom is 0.255 e. The van der Waals surface area contributed by atoms with Gasteiger partial charge < -0.3 is 10.1 Å². The van der Waals surface area contributed by atoms with Crippen molar-refractivity contribution < 1.29 is 17.9 Å². The highest BCUT2D eigenvalue weighted by atomic mass is 32.2. The summed E-state index contributed by atoms with van der Waals surface area (Å²) < 4.78 is 32.3. The van der Waals surface area contributed by atoms with Crippen LogP contribution in [0.1, 0.15) is 36.7 Å². The number of sulfonamides is 1. The summed E-state index contributed by atoms with van der Waals surface area (Å²) in [5.41, 5.74) is 1.30. The summed E-state index contributed by atoms with van der Waals surface area (Å²) in [6.07, 6.45) is 0. The van der Waals surface area contributed by atoms with Gasteiger partial charge in [0.1, 0.15) is 0 Å². The second kappa shape index (κ2) is 7.99. The summed E-state index contributed by atoms with van der Waals surface area (Å²) in [6.45, 7) is 5.68. The molecule has 140 valence electrons. The third-order valence-electron chi connectivity index (χ3n) is 3.43. The number of hydrogen-bond donors (Lipinski definition) is 2. The second-order valence-electron chi connectivity index (χ2n) is 6.92. The van der Waals surface area contributed by atoms with Crippen LogP contribution in [0.2, 0.25) is 0 Å². The molecule has 1 amide bonds. The van der Waals surface area contributed by atoms with Gasteiger partial charge in [-0.25, -0.2) is 13.1 Å². The Balaban J connectivity index is 2.17. The molecule has 0 aliphatic heterocycles. The molecule has 6 nitrogen and oxygen atoms in total. The minimum absolute atomic E-state index is 0.115. The molecule has 2 N–H and O–H groups in total. The van der Waals surface area contributed by atoms with Crippen molar-refractivity contribution in [1.29, 1.82) is 0 Å². The molecule has 2 aromatic rings. The van der Waals surface area contributed by atoms with E-state index in [1.54, 1.807) is 33.9 Å². The highest BCUT2D eigenvalue weighted by molar-refractivity contribution is 7.89. The van der Waals surface area contributed by atoms with E-state index in [0.717, 1.165) is 5.56 Å². The Hall–Kier alpha value is -2.22. The fourth-order valence-electron chi connectivity index (χ4n) is 2.37. The van der Waals surface area contributed by atoms with E-state index in [1.165, 1.54) is 24.3 Å². The van der Waals surface area contributed by atoms with Gasteiger partial charge in [0.05, 0.1) is 11.5 Å². The topological polar surface area (TPSA) is 84.5 Å². The third kappa shape index (κ3) is 5.39. The maximum atomic E-state index is 12.4. The number of ether oxygens (including phenoxy) is 1. The standard InChI is InChI=1S/C19H24N2O4S/c1-19(2,3)21-26(23,24)16-11-9-14(10-12-16)18(22)20-17-8-6-5-7-15(17)13-25-4/h5-12,21H,13H2,1-4H3,(H,20,22). The first kappa shape index (κ1) is 20.1. The van der Waals surface area contributed by atoms with Crippen LogP contribution >= 0.6 is 0 Å². The second-order valence-corrected chi connectivity index (χ2v) is 8.61. The Kier molecular flexibility index (Phi) is 6.17. The Bertz CT molecular complexity index is 869. The summed E-state index contributed by atoms with van der Waals surface area (Å²) in [7, 11) is -2.04. The van der Waals surface area contributed by atoms with Gasteiger partial charge >= 0.3 is 0 Å². The normalized spacial score (nSPS) is 12.0. The van der Waals surface area contributed by atoms with Crippen LogP contribution in [0.4, 0.5) is 5.69 Å². The van der Waals surface area contributed by atoms with Gasteiger partial charge in [0, 0.05) is 29.5 Å². The van der Waals surface area contributed by atoms with Crippen molar-refractivity contribution in [3.63, 3.8) is 0 Å². The van der Waals surface area contributed by atoms with E-state index < -0.39 is 15.6 Å². The highest BCUT2D eigenvalue weighted by Gasteiger charge is 2.22. The van der Waals surface area contributed by atoms with E-state index in [1.807, 2.05) is 18.2 Å². The zero-order valence-corrected chi connectivity index (χ0v) is 16.2. The van der Waals surface area contributed by atoms with Crippen LogP contribution in [0.15, 0.2) is 53.4 Å². The molecule has 0 fully saturated rings. The molecule has 0 saturated carbocycles. The molecule has 7 heteroatoms. The highest BCUT2D eigenvalue weighted by Crippen LogP contribution is 2.18. The molecule has 0 atom stereocenters. The molecule has 0 aliphatic carbocycles. The number of carbonyl (C=O) groups is 1. The van der Waals surface area contributed by atoms with E-state index in [4.69, 9.17) is 4.74 Å². The maximum absolute atomic E-state index is 12.4. The van der Waals surface area contributed by atoms with Crippen molar-refractivity contribution in [3.8, 4) is 0 Å². The number of hydrogen-bond acceptors (Lipinski definition) is 4. The van der Waals surface area contributed by atoms with Crippen LogP contribution in [0.5, 0.6) is 0 Å². The van der Waals surface area contributed by atoms with Gasteiger partial charge in [-0.1, -0.05) is 18.2 Å². The van der Waals surface area contributed by atoms with E-state index in [0.29, 0.717) is 17.9 Å². The molecule has 0 bridgehead atoms. The first-order chi connectivity index (χ1) is 12.1. The smallest absolute Gasteiger partial charge is 0.255 e. The predicted molar refractivity (Wildman–Crippen MR) is 102 cm³/mol. The lowest BCUT2D eigenvalue weighted by atomic mass is 10.1. The van der Waals surface area contributed by atoms with Crippen LogP contribution in [0.25, 0.3) is 0 Å². The van der Waals surface area contributed by atoms with Crippen LogP contribution in [0, 0.1) is 0 Å². The first-order valence-corrected chi connectivity index (χ1v) is 9.63. The van der Waals surface area contributed by atoms with Crippen molar-refractivity contribution in [1.82, 2.24) is 4.72 Å². The largest absolute Gasteiger partial charge is 0.380 e. The summed E-state index contributed by atoms with van der Waals surface area (Å²) in [5.74, 6) is -0.318. The third-order valence-corrected chi connectivity index (χ3v) is 5.21. The van der Waals surface area contributed by atoms with E-state index in [-0.39, 0.29) is 10.8 Å². The zero-order valence-electron chi connectivity index (χ0n) is 15.4. The quantitative estimate of drug-likeness (QED) is 0.811. The molecule has 0 aromatic heterocycles. The van der Waals surface area contributed by atoms with E-state index in [2.05, 4.69) is 10.0 Å². The Morgan fingerprint density at radius 1 is 1.04 bits per heavy atom. The molecule has 26 heavy (non-hydrogen) atoms. The summed E-state index contributed by atoms with van der Waals surface area (Å²) >= 11 is 0. The van der Waals surface area contributed by atoms with Crippen molar-refractivity contribution in [2.24, 2.45) is 0 Å². The lowest BCUT2D eigenvalue weighted by molar-refractivity contribution is 0.102. The Labute approximate surface area is 154 Å². The number of nitrogens with one attached hydrogen (secondary N) is 2. The monoisotopic (exact) mass is 376 g/mol. The van der Waals surface area contributed by atoms with Gasteiger partial charge in [-0.05, 0) is 51.1 Å². The van der Waals surface area contributed by atoms with Crippen molar-refractivity contribution in [2.45, 2.75) is 37.8 Å². The van der Waals surface area contributed by atoms with Gasteiger partial charge in [-0.3, -0.25) is 4.79 Å². The Morgan fingerprint density at radius 3 is 2.23 bits per heavy atom. The molecule has 0 unspecified atom stereocenters. The number of para-hydroxylation sites is 1. The molecule has 0 radical (unpaired) electrons. The summed E-state index contributed by atoms with van der Waals surface area (Å²) in [5, 5.41) is 2.82. The molecular formula is C19H24N2O4S. The number of methoxy groups -OCH3 is 1. The van der Waals surface area contributed by atoms with Gasteiger partial charge in [-0.15, -0.1) is 0 Å². The van der Waals surface area contributed by atoms with Crippen LogP contribution in [-0.2, 0) is 21.4 Å². The summed E-state index contributed by atoms with van der Waals surface area (Å²) in [4.78, 5) is 12.6. The predicted octanol–water partition coefficient (Wildman–Crippen LogP) is 3.16. The van der Waals surface area contributed by atoms with Gasteiger partial charge in [-0.2, -0.15) is 0 Å². The lowest BCUT2D eigenvalue weighted by Crippen LogP contribution is -2.40. The van der Waals surface area contributed by atoms with Crippen LogP contribution in [0.3, 0.4) is 0 Å². The van der Waals surface area contributed by atoms with E-state index in [9.17, 15) is 13.2 Å². The fourth-order valence-corrected chi connectivity index (χ4v) is 3.78. The molecule has 0 aliphatic rings. The summed E-state index contributed by atoms with van der Waals surface area (Å²) in [6, 6.07) is 13.2. The average molecular weight is 376 g/mol. The fraction of sp³-hybridized carbons (Fsp3) is 0.316. The van der Waals surface area contributed by atoms with Crippen LogP contribution < -0.4 is 10.0 Å². The van der Waals surface area contributed by atoms with Crippen molar-refractivity contribution in [3.05, 3.63) is 59.7 Å². The van der Waals surface area contributed by atoms with E-state index >= 15 is 0 Å². The SMILES string of the molecule is COCc1ccccc1NC(=O)c1ccc(S(=O)(=O)NC(C)(C)C)cc1. The minimum Gasteiger partial charge on any atom is -0.380 e. The number of rotatable bonds is 6. The van der Waals surface area contributed by atoms with Gasteiger partial charge in [0.2, 0.25) is 10.0 Å². The number of carbonyl (C=O) groups excluding carboxylic acids is 1. The Morgan fingerprint density at radius 2 is 1.65 bits per heavy atom. The number of anilines is 1. The number of benzene rings is 2. The molecular weight excluding hydrogens is 352 g/mol. The molecule has 2 rings (SSSR count). The number of amides is 1. The van der Waals surface area contributed by atoms with Crippen LogP contribution in [-0.4, -0.2) is 27.0 Å². The molecule has 0 spiro atoms. The molecule has 0 heterocycles. The van der Waals surface area contributed by atoms with Crippen molar-refractivity contribution >= 4 is 21.6 Å². The zero-order chi connectivity index (χ0) is 19.4. The van der Waals surface area contributed by atoms with Gasteiger partial charge in [0.25, 0.3) is 5.91 Å². The molecule has 0 saturated heterocycles. The van der Waals surface area contributed by atoms with Gasteiger partial charge in [0.15, 0.2) is 0 Å². The minimum atomic E-state index is -3.63. The molecule has 2 aromatic carbocycles.